The Morgan fingerprint density at radius 3 is 2.54 bits per heavy atom. The number of carboxylic acid groups (broad SMARTS) is 1. The maximum Gasteiger partial charge on any atom is 0.324 e. The molecule has 2 radical (unpaired) electrons. The molecule has 1 aromatic heterocycles. The third-order valence-corrected chi connectivity index (χ3v) is 6.80. The minimum atomic E-state index is -1.55. The summed E-state index contributed by atoms with van der Waals surface area (Å²) in [7, 11) is 6.89. The monoisotopic (exact) mass is 591 g/mol. The molecule has 1 atom stereocenters. The number of hydrazine groups is 2. The van der Waals surface area contributed by atoms with Crippen molar-refractivity contribution < 1.29 is 18.7 Å². The van der Waals surface area contributed by atoms with E-state index in [2.05, 4.69) is 32.6 Å². The normalized spacial score (nSPS) is 14.1. The standard InChI is InChI=1S/C27H18BCl2F2N7O2/c28-27(15-1-3-16(31)4-2-15,23-12-39(38-37-23)13-24(40)41)36-18-7-19-25(35-17-5-6-22(32)20(29)8-17)14(10-33)11-34-26(19)21(30)9-18/h1-9,11-12,36-38H,13H2,(H,34,35)(H,40,41). The maximum atomic E-state index is 13.8. The summed E-state index contributed by atoms with van der Waals surface area (Å²) in [6, 6.07) is 14.8. The molecular weight excluding hydrogens is 574 g/mol. The van der Waals surface area contributed by atoms with Gasteiger partial charge in [-0.2, -0.15) is 5.26 Å². The van der Waals surface area contributed by atoms with Crippen molar-refractivity contribution in [2.45, 2.75) is 5.44 Å². The first-order valence-electron chi connectivity index (χ1n) is 11.9. The number of halogens is 4. The Labute approximate surface area is 243 Å². The van der Waals surface area contributed by atoms with Crippen molar-refractivity contribution in [3.05, 3.63) is 105 Å². The number of rotatable bonds is 8. The molecular formula is C27H18BCl2F2N7O2. The van der Waals surface area contributed by atoms with E-state index >= 15 is 0 Å². The number of aromatic nitrogens is 1. The van der Waals surface area contributed by atoms with Gasteiger partial charge in [0, 0.05) is 29.2 Å². The molecule has 0 saturated heterocycles. The number of hydrogen-bond donors (Lipinski definition) is 5. The summed E-state index contributed by atoms with van der Waals surface area (Å²) in [6.07, 6.45) is 2.82. The Bertz CT molecular complexity index is 1750. The number of benzene rings is 3. The number of nitriles is 1. The molecule has 9 nitrogen and oxygen atoms in total. The highest BCUT2D eigenvalue weighted by molar-refractivity contribution is 6.36. The van der Waals surface area contributed by atoms with Gasteiger partial charge in [0.15, 0.2) is 0 Å². The Kier molecular flexibility index (Phi) is 7.60. The first-order valence-corrected chi connectivity index (χ1v) is 12.6. The van der Waals surface area contributed by atoms with E-state index in [0.717, 1.165) is 0 Å². The van der Waals surface area contributed by atoms with Crippen LogP contribution >= 0.6 is 23.2 Å². The van der Waals surface area contributed by atoms with Crippen LogP contribution in [0.25, 0.3) is 10.9 Å². The van der Waals surface area contributed by atoms with Crippen LogP contribution in [0.5, 0.6) is 0 Å². The van der Waals surface area contributed by atoms with Gasteiger partial charge in [-0.25, -0.2) is 8.78 Å². The fourth-order valence-corrected chi connectivity index (χ4v) is 4.74. The number of carbonyl (C=O) groups is 1. The van der Waals surface area contributed by atoms with Crippen LogP contribution in [-0.2, 0) is 10.2 Å². The highest BCUT2D eigenvalue weighted by atomic mass is 35.5. The summed E-state index contributed by atoms with van der Waals surface area (Å²) < 4.78 is 27.5. The number of hydrogen-bond acceptors (Lipinski definition) is 8. The lowest BCUT2D eigenvalue weighted by Crippen LogP contribution is -2.46. The molecule has 0 spiro atoms. The predicted octanol–water partition coefficient (Wildman–Crippen LogP) is 5.12. The lowest BCUT2D eigenvalue weighted by molar-refractivity contribution is -0.138. The van der Waals surface area contributed by atoms with Gasteiger partial charge in [0.05, 0.1) is 37.9 Å². The van der Waals surface area contributed by atoms with Crippen molar-refractivity contribution in [3.8, 4) is 6.07 Å². The molecule has 4 aromatic rings. The van der Waals surface area contributed by atoms with Crippen LogP contribution in [0.1, 0.15) is 11.1 Å². The smallest absolute Gasteiger partial charge is 0.324 e. The second-order valence-corrected chi connectivity index (χ2v) is 9.82. The fraction of sp³-hybridized carbons (Fsp3) is 0.0741. The molecule has 0 bridgehead atoms. The molecule has 5 N–H and O–H groups in total. The molecule has 1 aliphatic heterocycles. The average Bonchev–Trinajstić information content (AvgIpc) is 3.40. The predicted molar refractivity (Wildman–Crippen MR) is 152 cm³/mol. The number of carboxylic acids is 1. The van der Waals surface area contributed by atoms with Crippen molar-refractivity contribution in [1.82, 2.24) is 21.0 Å². The van der Waals surface area contributed by atoms with Crippen LogP contribution < -0.4 is 21.6 Å². The van der Waals surface area contributed by atoms with E-state index in [1.165, 1.54) is 59.9 Å². The van der Waals surface area contributed by atoms with Crippen LogP contribution in [0.15, 0.2) is 72.7 Å². The van der Waals surface area contributed by atoms with E-state index in [1.54, 1.807) is 12.1 Å². The van der Waals surface area contributed by atoms with Crippen molar-refractivity contribution >= 4 is 65.0 Å². The van der Waals surface area contributed by atoms with Crippen molar-refractivity contribution in [2.24, 2.45) is 0 Å². The van der Waals surface area contributed by atoms with Crippen LogP contribution in [0.4, 0.5) is 25.8 Å². The lowest BCUT2D eigenvalue weighted by atomic mass is 9.69. The number of pyridine rings is 1. The summed E-state index contributed by atoms with van der Waals surface area (Å²) in [5.74, 6) is -2.16. The second kappa shape index (κ2) is 11.1. The zero-order chi connectivity index (χ0) is 29.3. The number of nitrogens with zero attached hydrogens (tertiary/aromatic N) is 3. The molecule has 0 aliphatic carbocycles. The highest BCUT2D eigenvalue weighted by Crippen LogP contribution is 2.38. The molecule has 0 fully saturated rings. The van der Waals surface area contributed by atoms with Crippen LogP contribution in [0, 0.1) is 23.0 Å². The average molecular weight is 592 g/mol. The van der Waals surface area contributed by atoms with E-state index in [9.17, 15) is 23.9 Å². The summed E-state index contributed by atoms with van der Waals surface area (Å²) in [6.45, 7) is -0.372. The quantitative estimate of drug-likeness (QED) is 0.178. The zero-order valence-electron chi connectivity index (χ0n) is 20.8. The summed E-state index contributed by atoms with van der Waals surface area (Å²) >= 11 is 12.6. The number of fused-ring (bicyclic) bond motifs is 1. The van der Waals surface area contributed by atoms with Gasteiger partial charge in [0.25, 0.3) is 0 Å². The molecule has 2 heterocycles. The van der Waals surface area contributed by atoms with Gasteiger partial charge < -0.3 is 21.2 Å². The zero-order valence-corrected chi connectivity index (χ0v) is 22.4. The minimum absolute atomic E-state index is 0.109. The third kappa shape index (κ3) is 5.69. The van der Waals surface area contributed by atoms with Gasteiger partial charge in [-0.1, -0.05) is 35.3 Å². The van der Waals surface area contributed by atoms with E-state index in [1.807, 2.05) is 0 Å². The Hall–Kier alpha value is -4.57. The van der Waals surface area contributed by atoms with Crippen molar-refractivity contribution in [2.75, 3.05) is 17.2 Å². The maximum absolute atomic E-state index is 13.8. The fourth-order valence-electron chi connectivity index (χ4n) is 4.29. The van der Waals surface area contributed by atoms with Gasteiger partial charge in [0.1, 0.15) is 32.1 Å². The van der Waals surface area contributed by atoms with Gasteiger partial charge >= 0.3 is 5.97 Å². The van der Waals surface area contributed by atoms with Crippen LogP contribution in [0.3, 0.4) is 0 Å². The lowest BCUT2D eigenvalue weighted by Gasteiger charge is -2.34. The Balaban J connectivity index is 1.62. The van der Waals surface area contributed by atoms with E-state index < -0.39 is 23.0 Å². The van der Waals surface area contributed by atoms with Gasteiger partial charge in [-0.3, -0.25) is 14.8 Å². The van der Waals surface area contributed by atoms with E-state index in [0.29, 0.717) is 39.2 Å². The molecule has 1 unspecified atom stereocenters. The molecule has 204 valence electrons. The highest BCUT2D eigenvalue weighted by Gasteiger charge is 2.34. The minimum Gasteiger partial charge on any atom is -0.480 e. The van der Waals surface area contributed by atoms with Gasteiger partial charge in [-0.15, -0.1) is 5.53 Å². The SMILES string of the molecule is [B]C(Nc1cc(Cl)c2ncc(C#N)c(Nc3ccc(F)c(Cl)c3)c2c1)(C1=CN(CC(=O)O)NN1)c1ccc(F)cc1. The number of nitrogens with one attached hydrogen (secondary N) is 4. The van der Waals surface area contributed by atoms with Crippen molar-refractivity contribution in [1.29, 1.82) is 5.26 Å². The summed E-state index contributed by atoms with van der Waals surface area (Å²) in [5.41, 5.74) is 6.43. The Morgan fingerprint density at radius 1 is 1.12 bits per heavy atom. The molecule has 5 rings (SSSR count). The molecule has 3 aromatic carbocycles. The second-order valence-electron chi connectivity index (χ2n) is 9.01. The van der Waals surface area contributed by atoms with Crippen molar-refractivity contribution in [3.63, 3.8) is 0 Å². The summed E-state index contributed by atoms with van der Waals surface area (Å²) in [5, 5.41) is 27.1. The molecule has 14 heteroatoms. The molecule has 0 saturated carbocycles. The molecule has 1 aliphatic rings. The van der Waals surface area contributed by atoms with Gasteiger partial charge in [-0.05, 0) is 48.0 Å². The number of aliphatic carboxylic acids is 1. The molecule has 41 heavy (non-hydrogen) atoms. The number of anilines is 3. The third-order valence-electron chi connectivity index (χ3n) is 6.22. The topological polar surface area (TPSA) is 125 Å². The largest absolute Gasteiger partial charge is 0.480 e. The first-order chi connectivity index (χ1) is 19.6. The first kappa shape index (κ1) is 28.0. The molecule has 0 amide bonds. The summed E-state index contributed by atoms with van der Waals surface area (Å²) in [4.78, 5) is 15.5. The van der Waals surface area contributed by atoms with Crippen LogP contribution in [-0.4, -0.2) is 35.5 Å². The van der Waals surface area contributed by atoms with E-state index in [4.69, 9.17) is 31.0 Å². The Morgan fingerprint density at radius 2 is 1.85 bits per heavy atom. The van der Waals surface area contributed by atoms with Gasteiger partial charge in [0.2, 0.25) is 0 Å². The van der Waals surface area contributed by atoms with E-state index in [-0.39, 0.29) is 22.2 Å². The van der Waals surface area contributed by atoms with Crippen LogP contribution in [0.2, 0.25) is 10.0 Å².